The lowest BCUT2D eigenvalue weighted by molar-refractivity contribution is -0.390. The molecular formula is C6H6ClN3O3. The molecule has 1 rings (SSSR count). The Balaban J connectivity index is 3.23. The van der Waals surface area contributed by atoms with Crippen molar-refractivity contribution in [1.29, 1.82) is 0 Å². The molecule has 0 atom stereocenters. The molecule has 13 heavy (non-hydrogen) atoms. The van der Waals surface area contributed by atoms with Crippen molar-refractivity contribution in [3.8, 4) is 0 Å². The predicted molar refractivity (Wildman–Crippen MR) is 44.7 cm³/mol. The highest BCUT2D eigenvalue weighted by Crippen LogP contribution is 2.17. The quantitative estimate of drug-likeness (QED) is 0.420. The molecule has 0 radical (unpaired) electrons. The van der Waals surface area contributed by atoms with Gasteiger partial charge in [-0.1, -0.05) is 0 Å². The lowest BCUT2D eigenvalue weighted by Crippen LogP contribution is -1.96. The van der Waals surface area contributed by atoms with Gasteiger partial charge in [0.15, 0.2) is 5.56 Å². The van der Waals surface area contributed by atoms with Gasteiger partial charge in [-0.2, -0.15) is 4.68 Å². The van der Waals surface area contributed by atoms with Crippen LogP contribution in [0.2, 0.25) is 0 Å². The number of nitrogens with zero attached hydrogens (tertiary/aromatic N) is 3. The van der Waals surface area contributed by atoms with Crippen LogP contribution >= 0.6 is 11.6 Å². The number of carbonyl (C=O) groups excluding carboxylic acids is 1. The van der Waals surface area contributed by atoms with E-state index in [1.807, 2.05) is 0 Å². The fourth-order valence-electron chi connectivity index (χ4n) is 0.847. The fraction of sp³-hybridized carbons (Fsp3) is 0.333. The van der Waals surface area contributed by atoms with Crippen LogP contribution < -0.4 is 0 Å². The second-order valence-electron chi connectivity index (χ2n) is 2.25. The summed E-state index contributed by atoms with van der Waals surface area (Å²) < 4.78 is 1.29. The maximum absolute atomic E-state index is 10.7. The van der Waals surface area contributed by atoms with E-state index >= 15 is 0 Å². The summed E-state index contributed by atoms with van der Waals surface area (Å²) in [4.78, 5) is 20.3. The first-order chi connectivity index (χ1) is 6.06. The smallest absolute Gasteiger partial charge is 0.358 e. The van der Waals surface area contributed by atoms with Gasteiger partial charge in [-0.25, -0.2) is 0 Å². The van der Waals surface area contributed by atoms with E-state index in [0.29, 0.717) is 6.54 Å². The molecule has 0 saturated carbocycles. The van der Waals surface area contributed by atoms with Gasteiger partial charge in [-0.3, -0.25) is 4.79 Å². The number of halogens is 1. The van der Waals surface area contributed by atoms with Crippen LogP contribution in [-0.4, -0.2) is 19.9 Å². The molecule has 0 amide bonds. The Morgan fingerprint density at radius 3 is 2.77 bits per heavy atom. The van der Waals surface area contributed by atoms with Gasteiger partial charge in [0, 0.05) is 0 Å². The van der Waals surface area contributed by atoms with E-state index in [1.165, 1.54) is 10.9 Å². The molecule has 0 aliphatic carbocycles. The zero-order valence-corrected chi connectivity index (χ0v) is 7.48. The molecule has 0 aliphatic rings. The molecule has 7 heteroatoms. The van der Waals surface area contributed by atoms with Crippen molar-refractivity contribution in [1.82, 2.24) is 9.78 Å². The monoisotopic (exact) mass is 203 g/mol. The first-order valence-corrected chi connectivity index (χ1v) is 3.85. The third kappa shape index (κ3) is 1.83. The minimum atomic E-state index is -0.869. The minimum Gasteiger partial charge on any atom is -0.358 e. The Hall–Kier alpha value is -1.43. The van der Waals surface area contributed by atoms with Gasteiger partial charge in [-0.15, -0.1) is 0 Å². The lowest BCUT2D eigenvalue weighted by atomic mass is 10.4. The normalized spacial score (nSPS) is 10.0. The largest absolute Gasteiger partial charge is 0.402 e. The van der Waals surface area contributed by atoms with E-state index in [2.05, 4.69) is 5.10 Å². The summed E-state index contributed by atoms with van der Waals surface area (Å²) in [6.45, 7) is 2.20. The van der Waals surface area contributed by atoms with Gasteiger partial charge in [0.1, 0.15) is 0 Å². The molecule has 6 nitrogen and oxygen atoms in total. The highest BCUT2D eigenvalue weighted by Gasteiger charge is 2.24. The fourth-order valence-corrected chi connectivity index (χ4v) is 0.980. The molecule has 0 aromatic carbocycles. The number of hydrogen-bond donors (Lipinski definition) is 0. The molecule has 0 aliphatic heterocycles. The third-order valence-corrected chi connectivity index (χ3v) is 1.65. The van der Waals surface area contributed by atoms with Gasteiger partial charge >= 0.3 is 5.82 Å². The molecule has 1 heterocycles. The maximum Gasteiger partial charge on any atom is 0.402 e. The first-order valence-electron chi connectivity index (χ1n) is 3.48. The predicted octanol–water partition coefficient (Wildman–Crippen LogP) is 1.19. The van der Waals surface area contributed by atoms with Gasteiger partial charge in [-0.05, 0) is 23.4 Å². The standard InChI is InChI=1S/C6H6ClN3O3/c1-2-9-3-4(5(7)11)6(8-9)10(12)13/h3H,2H2,1H3. The Labute approximate surface area is 78.3 Å². The number of rotatable bonds is 3. The summed E-state index contributed by atoms with van der Waals surface area (Å²) in [7, 11) is 0. The van der Waals surface area contributed by atoms with Crippen LogP contribution in [0.15, 0.2) is 6.20 Å². The summed E-state index contributed by atoms with van der Waals surface area (Å²) in [6, 6.07) is 0. The zero-order valence-electron chi connectivity index (χ0n) is 6.73. The Morgan fingerprint density at radius 1 is 1.85 bits per heavy atom. The number of carbonyl (C=O) groups is 1. The van der Waals surface area contributed by atoms with Crippen molar-refractivity contribution in [3.05, 3.63) is 21.9 Å². The topological polar surface area (TPSA) is 78.0 Å². The van der Waals surface area contributed by atoms with Crippen LogP contribution in [0.1, 0.15) is 17.3 Å². The highest BCUT2D eigenvalue weighted by molar-refractivity contribution is 6.68. The SMILES string of the molecule is CCn1cc(C(=O)Cl)c([N+](=O)[O-])n1. The van der Waals surface area contributed by atoms with E-state index in [-0.39, 0.29) is 5.56 Å². The van der Waals surface area contributed by atoms with Crippen molar-refractivity contribution in [3.63, 3.8) is 0 Å². The van der Waals surface area contributed by atoms with Crippen molar-refractivity contribution >= 4 is 22.7 Å². The Bertz CT molecular complexity index is 329. The van der Waals surface area contributed by atoms with Crippen LogP contribution in [0.4, 0.5) is 5.82 Å². The van der Waals surface area contributed by atoms with Crippen molar-refractivity contribution in [2.45, 2.75) is 13.5 Å². The van der Waals surface area contributed by atoms with Crippen molar-refractivity contribution in [2.75, 3.05) is 0 Å². The Morgan fingerprint density at radius 2 is 2.46 bits per heavy atom. The van der Waals surface area contributed by atoms with Crippen molar-refractivity contribution < 1.29 is 9.72 Å². The van der Waals surface area contributed by atoms with E-state index in [4.69, 9.17) is 11.6 Å². The number of hydrogen-bond acceptors (Lipinski definition) is 4. The third-order valence-electron chi connectivity index (χ3n) is 1.45. The van der Waals surface area contributed by atoms with E-state index in [0.717, 1.165) is 0 Å². The molecule has 0 saturated heterocycles. The van der Waals surface area contributed by atoms with Gasteiger partial charge < -0.3 is 10.1 Å². The molecule has 1 aromatic heterocycles. The van der Waals surface area contributed by atoms with Gasteiger partial charge in [0.05, 0.1) is 17.8 Å². The molecule has 0 bridgehead atoms. The molecule has 70 valence electrons. The van der Waals surface area contributed by atoms with Crippen LogP contribution in [0, 0.1) is 10.1 Å². The molecule has 1 aromatic rings. The second-order valence-corrected chi connectivity index (χ2v) is 2.60. The lowest BCUT2D eigenvalue weighted by Gasteiger charge is -1.87. The summed E-state index contributed by atoms with van der Waals surface area (Å²) in [6.07, 6.45) is 1.26. The van der Waals surface area contributed by atoms with Crippen LogP contribution in [0.25, 0.3) is 0 Å². The average Bonchev–Trinajstić information content (AvgIpc) is 2.47. The summed E-state index contributed by atoms with van der Waals surface area (Å²) in [5.41, 5.74) is -0.173. The number of nitro groups is 1. The van der Waals surface area contributed by atoms with Gasteiger partial charge in [0.25, 0.3) is 5.24 Å². The van der Waals surface area contributed by atoms with E-state index in [1.54, 1.807) is 6.92 Å². The summed E-state index contributed by atoms with van der Waals surface area (Å²) in [5, 5.41) is 13.1. The number of aromatic nitrogens is 2. The zero-order chi connectivity index (χ0) is 10.0. The summed E-state index contributed by atoms with van der Waals surface area (Å²) >= 11 is 5.13. The van der Waals surface area contributed by atoms with Crippen LogP contribution in [0.5, 0.6) is 0 Å². The molecule has 0 N–H and O–H groups in total. The van der Waals surface area contributed by atoms with Crippen LogP contribution in [0.3, 0.4) is 0 Å². The molecule has 0 unspecified atom stereocenters. The van der Waals surface area contributed by atoms with E-state index < -0.39 is 16.0 Å². The van der Waals surface area contributed by atoms with Crippen LogP contribution in [-0.2, 0) is 6.54 Å². The average molecular weight is 204 g/mol. The van der Waals surface area contributed by atoms with Gasteiger partial charge in [0.2, 0.25) is 0 Å². The Kier molecular flexibility index (Phi) is 2.62. The first kappa shape index (κ1) is 9.66. The highest BCUT2D eigenvalue weighted by atomic mass is 35.5. The maximum atomic E-state index is 10.7. The van der Waals surface area contributed by atoms with Crippen molar-refractivity contribution in [2.24, 2.45) is 0 Å². The van der Waals surface area contributed by atoms with E-state index in [9.17, 15) is 14.9 Å². The molecule has 0 spiro atoms. The number of aryl methyl sites for hydroxylation is 1. The molecular weight excluding hydrogens is 198 g/mol. The second kappa shape index (κ2) is 3.53. The molecule has 0 fully saturated rings. The minimum absolute atomic E-state index is 0.173. The summed E-state index contributed by atoms with van der Waals surface area (Å²) in [5.74, 6) is -0.498.